The van der Waals surface area contributed by atoms with Crippen molar-refractivity contribution in [1.29, 1.82) is 0 Å². The topological polar surface area (TPSA) is 254 Å². The summed E-state index contributed by atoms with van der Waals surface area (Å²) >= 11 is 0. The summed E-state index contributed by atoms with van der Waals surface area (Å²) < 4.78 is 170. The lowest BCUT2D eigenvalue weighted by atomic mass is 9.91. The fraction of sp³-hybridized carbons (Fsp3) is 0.400. The Balaban J connectivity index is 2.05. The maximum atomic E-state index is 12.9. The number of hydrogen-bond acceptors (Lipinski definition) is 12. The molecule has 0 amide bonds. The molecule has 0 aliphatic heterocycles. The second kappa shape index (κ2) is 18.8. The van der Waals surface area contributed by atoms with E-state index in [1.165, 1.54) is 0 Å². The van der Waals surface area contributed by atoms with E-state index in [-0.39, 0.29) is 120 Å². The lowest BCUT2D eigenvalue weighted by molar-refractivity contribution is 0.304. The second-order valence-corrected chi connectivity index (χ2v) is 20.0. The molecule has 5 rings (SSSR count). The molecule has 0 fully saturated rings. The van der Waals surface area contributed by atoms with Gasteiger partial charge in [-0.25, -0.2) is 0 Å². The highest BCUT2D eigenvalue weighted by molar-refractivity contribution is 7.86. The van der Waals surface area contributed by atoms with Crippen molar-refractivity contribution in [2.45, 2.75) is 98.6 Å². The SMILES string of the molecule is CCCOc1c2cc(S(=O)(=O)O)cc1Cc1cc(S(=O)(=O)O)cc(c1OCCC)Cc1cc(S(=O)(=O)O)cc(c1OCCC)Cc1cc(S(=O)(=O)O)cc(c1OCCC)C2. The van der Waals surface area contributed by atoms with Crippen molar-refractivity contribution < 1.29 is 70.8 Å². The molecular formula is C40H48O16S4. The van der Waals surface area contributed by atoms with Gasteiger partial charge in [0.2, 0.25) is 0 Å². The van der Waals surface area contributed by atoms with Crippen LogP contribution in [-0.4, -0.2) is 78.3 Å². The van der Waals surface area contributed by atoms with Crippen LogP contribution in [0.15, 0.2) is 68.1 Å². The third-order valence-corrected chi connectivity index (χ3v) is 12.7. The van der Waals surface area contributed by atoms with Crippen LogP contribution in [0.4, 0.5) is 0 Å². The summed E-state index contributed by atoms with van der Waals surface area (Å²) in [5.41, 5.74) is 0.928. The minimum absolute atomic E-state index is 0.0987. The van der Waals surface area contributed by atoms with Gasteiger partial charge in [0.1, 0.15) is 23.0 Å². The molecule has 16 nitrogen and oxygen atoms in total. The summed E-state index contributed by atoms with van der Waals surface area (Å²) in [6.45, 7) is 7.68. The van der Waals surface area contributed by atoms with E-state index in [1.54, 1.807) is 0 Å². The van der Waals surface area contributed by atoms with Crippen molar-refractivity contribution in [3.63, 3.8) is 0 Å². The number of rotatable bonds is 16. The fourth-order valence-electron chi connectivity index (χ4n) is 6.91. The average Bonchev–Trinajstić information content (AvgIpc) is 3.14. The van der Waals surface area contributed by atoms with Crippen LogP contribution in [-0.2, 0) is 66.2 Å². The average molecular weight is 913 g/mol. The van der Waals surface area contributed by atoms with Crippen molar-refractivity contribution in [3.05, 3.63) is 93.0 Å². The van der Waals surface area contributed by atoms with Crippen LogP contribution in [0.25, 0.3) is 0 Å². The Bertz CT molecular complexity index is 2240. The van der Waals surface area contributed by atoms with Gasteiger partial charge in [0.25, 0.3) is 40.5 Å². The molecule has 0 radical (unpaired) electrons. The second-order valence-electron chi connectivity index (χ2n) is 14.3. The largest absolute Gasteiger partial charge is 0.493 e. The smallest absolute Gasteiger partial charge is 0.294 e. The standard InChI is InChI=1S/C40H48O16S4/c1-5-9-53-37-25-13-27-19-34(58(44,45)46)21-29(38(27)54-10-6-2)15-31-23-36(60(50,51)52)24-32(40(31)56-12-8-4)16-30-22-35(59(47,48)49)20-28(39(30)55-11-7-3)14-26(37)18-33(17-25)57(41,42)43/h17-24H,5-16H2,1-4H3,(H,41,42,43)(H,44,45,46)(H,47,48,49)(H,50,51,52). The first-order chi connectivity index (χ1) is 28.1. The zero-order chi connectivity index (χ0) is 44.2. The van der Waals surface area contributed by atoms with E-state index in [1.807, 2.05) is 27.7 Å². The molecule has 1 aliphatic carbocycles. The van der Waals surface area contributed by atoms with Crippen LogP contribution in [0, 0.1) is 0 Å². The first-order valence-corrected chi connectivity index (χ1v) is 24.9. The van der Waals surface area contributed by atoms with Crippen molar-refractivity contribution >= 4 is 40.5 Å². The molecule has 0 unspecified atom stereocenters. The van der Waals surface area contributed by atoms with Gasteiger partial charge in [0.05, 0.1) is 46.0 Å². The highest BCUT2D eigenvalue weighted by atomic mass is 32.2. The predicted octanol–water partition coefficient (Wildman–Crippen LogP) is 6.51. The highest BCUT2D eigenvalue weighted by Crippen LogP contribution is 2.42. The van der Waals surface area contributed by atoms with Gasteiger partial charge in [-0.2, -0.15) is 33.7 Å². The van der Waals surface area contributed by atoms with Gasteiger partial charge in [0, 0.05) is 70.2 Å². The van der Waals surface area contributed by atoms with E-state index >= 15 is 0 Å². The zero-order valence-electron chi connectivity index (χ0n) is 33.4. The Labute approximate surface area is 350 Å². The van der Waals surface area contributed by atoms with Crippen LogP contribution in [0.2, 0.25) is 0 Å². The molecule has 4 aromatic rings. The summed E-state index contributed by atoms with van der Waals surface area (Å²) in [5, 5.41) is 0. The van der Waals surface area contributed by atoms with Crippen LogP contribution in [0.5, 0.6) is 23.0 Å². The quantitative estimate of drug-likeness (QED) is 0.0770. The molecule has 0 spiro atoms. The molecule has 0 aromatic heterocycles. The highest BCUT2D eigenvalue weighted by Gasteiger charge is 2.29. The first-order valence-electron chi connectivity index (χ1n) is 19.1. The molecule has 0 atom stereocenters. The summed E-state index contributed by atoms with van der Waals surface area (Å²) in [6, 6.07) is 9.14. The molecular weight excluding hydrogens is 865 g/mol. The fourth-order valence-corrected chi connectivity index (χ4v) is 9.24. The van der Waals surface area contributed by atoms with Gasteiger partial charge in [-0.3, -0.25) is 18.2 Å². The predicted molar refractivity (Wildman–Crippen MR) is 219 cm³/mol. The zero-order valence-corrected chi connectivity index (χ0v) is 36.7. The Morgan fingerprint density at radius 2 is 0.500 bits per heavy atom. The van der Waals surface area contributed by atoms with Crippen LogP contribution < -0.4 is 18.9 Å². The van der Waals surface area contributed by atoms with Crippen molar-refractivity contribution in [3.8, 4) is 23.0 Å². The first kappa shape index (κ1) is 46.8. The number of benzene rings is 4. The molecule has 4 aromatic carbocycles. The van der Waals surface area contributed by atoms with Gasteiger partial charge in [0.15, 0.2) is 0 Å². The van der Waals surface area contributed by atoms with E-state index < -0.39 is 60.1 Å². The van der Waals surface area contributed by atoms with Crippen LogP contribution in [0.3, 0.4) is 0 Å². The van der Waals surface area contributed by atoms with Gasteiger partial charge < -0.3 is 18.9 Å². The van der Waals surface area contributed by atoms with Crippen LogP contribution in [0.1, 0.15) is 97.9 Å². The monoisotopic (exact) mass is 912 g/mol. The van der Waals surface area contributed by atoms with Crippen molar-refractivity contribution in [2.75, 3.05) is 26.4 Å². The maximum absolute atomic E-state index is 12.9. The molecule has 4 N–H and O–H groups in total. The molecule has 328 valence electrons. The van der Waals surface area contributed by atoms with E-state index in [0.29, 0.717) is 25.7 Å². The van der Waals surface area contributed by atoms with Gasteiger partial charge in [-0.15, -0.1) is 0 Å². The Hall–Kier alpha value is -4.28. The van der Waals surface area contributed by atoms with Gasteiger partial charge in [-0.1, -0.05) is 27.7 Å². The van der Waals surface area contributed by atoms with Crippen molar-refractivity contribution in [2.24, 2.45) is 0 Å². The molecule has 8 bridgehead atoms. The minimum atomic E-state index is -4.94. The summed E-state index contributed by atoms with van der Waals surface area (Å²) in [5.74, 6) is 0.426. The number of ether oxygens (including phenoxy) is 4. The normalized spacial score (nSPS) is 13.5. The Morgan fingerprint density at radius 1 is 0.350 bits per heavy atom. The van der Waals surface area contributed by atoms with E-state index in [0.717, 1.165) is 48.5 Å². The third kappa shape index (κ3) is 11.1. The Morgan fingerprint density at radius 3 is 0.617 bits per heavy atom. The molecule has 0 saturated carbocycles. The lowest BCUT2D eigenvalue weighted by Crippen LogP contribution is -2.13. The molecule has 20 heteroatoms. The van der Waals surface area contributed by atoms with Gasteiger partial charge in [-0.05, 0) is 74.2 Å². The Kier molecular flexibility index (Phi) is 14.6. The summed E-state index contributed by atoms with van der Waals surface area (Å²) in [4.78, 5) is -2.31. The molecule has 1 aliphatic rings. The van der Waals surface area contributed by atoms with E-state index in [2.05, 4.69) is 0 Å². The van der Waals surface area contributed by atoms with Crippen LogP contribution >= 0.6 is 0 Å². The maximum Gasteiger partial charge on any atom is 0.294 e. The number of hydrogen-bond donors (Lipinski definition) is 4. The molecule has 0 heterocycles. The summed E-state index contributed by atoms with van der Waals surface area (Å²) in [6.07, 6.45) is 0.615. The third-order valence-electron chi connectivity index (χ3n) is 9.38. The lowest BCUT2D eigenvalue weighted by Gasteiger charge is -2.24. The number of fused-ring (bicyclic) bond motifs is 8. The molecule has 0 saturated heterocycles. The van der Waals surface area contributed by atoms with Gasteiger partial charge >= 0.3 is 0 Å². The van der Waals surface area contributed by atoms with E-state index in [9.17, 15) is 51.9 Å². The summed E-state index contributed by atoms with van der Waals surface area (Å²) in [7, 11) is -19.7. The molecule has 60 heavy (non-hydrogen) atoms. The minimum Gasteiger partial charge on any atom is -0.493 e. The van der Waals surface area contributed by atoms with E-state index in [4.69, 9.17) is 18.9 Å². The van der Waals surface area contributed by atoms with Crippen molar-refractivity contribution in [1.82, 2.24) is 0 Å².